The van der Waals surface area contributed by atoms with Gasteiger partial charge in [0.05, 0.1) is 21.2 Å². The van der Waals surface area contributed by atoms with Crippen LogP contribution in [0.15, 0.2) is 71.6 Å². The van der Waals surface area contributed by atoms with Crippen molar-refractivity contribution in [3.63, 3.8) is 0 Å². The second-order valence-corrected chi connectivity index (χ2v) is 10.2. The number of nitrogens with one attached hydrogen (secondary N) is 2. The summed E-state index contributed by atoms with van der Waals surface area (Å²) in [4.78, 5) is 15.1. The summed E-state index contributed by atoms with van der Waals surface area (Å²) in [6, 6.07) is 19.5. The van der Waals surface area contributed by atoms with Crippen LogP contribution in [0.3, 0.4) is 0 Å². The lowest BCUT2D eigenvalue weighted by Crippen LogP contribution is -2.29. The van der Waals surface area contributed by atoms with Gasteiger partial charge in [0.2, 0.25) is 0 Å². The first-order valence-corrected chi connectivity index (χ1v) is 12.7. The van der Waals surface area contributed by atoms with Crippen LogP contribution in [0.1, 0.15) is 27.9 Å². The van der Waals surface area contributed by atoms with Crippen molar-refractivity contribution in [1.82, 2.24) is 5.32 Å². The average Bonchev–Trinajstić information content (AvgIpc) is 3.20. The van der Waals surface area contributed by atoms with Crippen LogP contribution in [0.2, 0.25) is 5.02 Å². The number of aryl methyl sites for hydroxylation is 1. The molecule has 0 saturated carbocycles. The monoisotopic (exact) mass is 483 g/mol. The van der Waals surface area contributed by atoms with E-state index in [-0.39, 0.29) is 15.8 Å². The van der Waals surface area contributed by atoms with Gasteiger partial charge in [-0.25, -0.2) is 8.42 Å². The lowest BCUT2D eigenvalue weighted by molar-refractivity contribution is 0.0953. The van der Waals surface area contributed by atoms with E-state index in [4.69, 9.17) is 11.6 Å². The predicted molar refractivity (Wildman–Crippen MR) is 133 cm³/mol. The van der Waals surface area contributed by atoms with Crippen LogP contribution in [0.5, 0.6) is 0 Å². The van der Waals surface area contributed by atoms with Gasteiger partial charge in [0.25, 0.3) is 15.9 Å². The van der Waals surface area contributed by atoms with Crippen molar-refractivity contribution >= 4 is 38.9 Å². The summed E-state index contributed by atoms with van der Waals surface area (Å²) >= 11 is 6.29. The predicted octanol–water partition coefficient (Wildman–Crippen LogP) is 4.63. The molecule has 0 radical (unpaired) electrons. The molecule has 0 unspecified atom stereocenters. The normalized spacial score (nSPS) is 13.0. The number of carbonyl (C=O) groups excluding carboxylic acids is 1. The molecule has 0 atom stereocenters. The molecule has 0 fully saturated rings. The number of halogens is 1. The molecule has 0 aromatic heterocycles. The van der Waals surface area contributed by atoms with E-state index < -0.39 is 10.0 Å². The number of amides is 1. The third-order valence-corrected chi connectivity index (χ3v) is 7.38. The standard InChI is InChI=1S/C25H26ClN3O3S/c1-18-7-10-21(11-8-18)33(31,32)28-20-9-12-22(23(26)17-20)25(30)27-14-4-15-29-16-13-19-5-2-3-6-24(19)29/h2-3,5-12,17,28H,4,13-16H2,1H3,(H,27,30). The highest BCUT2D eigenvalue weighted by Crippen LogP contribution is 2.27. The van der Waals surface area contributed by atoms with E-state index in [0.29, 0.717) is 17.8 Å². The Balaban J connectivity index is 1.31. The number of anilines is 2. The lowest BCUT2D eigenvalue weighted by atomic mass is 10.2. The van der Waals surface area contributed by atoms with Crippen LogP contribution in [0, 0.1) is 6.92 Å². The number of hydrogen-bond acceptors (Lipinski definition) is 4. The van der Waals surface area contributed by atoms with Crippen molar-refractivity contribution in [2.24, 2.45) is 0 Å². The first-order valence-electron chi connectivity index (χ1n) is 10.8. The Morgan fingerprint density at radius 3 is 2.58 bits per heavy atom. The summed E-state index contributed by atoms with van der Waals surface area (Å²) in [6.07, 6.45) is 1.87. The molecule has 172 valence electrons. The van der Waals surface area contributed by atoms with Crippen LogP contribution < -0.4 is 14.9 Å². The number of hydrogen-bond donors (Lipinski definition) is 2. The second-order valence-electron chi connectivity index (χ2n) is 8.09. The fourth-order valence-corrected chi connectivity index (χ4v) is 5.22. The zero-order chi connectivity index (χ0) is 23.4. The lowest BCUT2D eigenvalue weighted by Gasteiger charge is -2.19. The van der Waals surface area contributed by atoms with Crippen LogP contribution in [0.25, 0.3) is 0 Å². The minimum atomic E-state index is -3.74. The molecule has 1 heterocycles. The Bertz CT molecular complexity index is 1260. The summed E-state index contributed by atoms with van der Waals surface area (Å²) in [5, 5.41) is 3.08. The first kappa shape index (κ1) is 23.1. The molecule has 0 spiro atoms. The SMILES string of the molecule is Cc1ccc(S(=O)(=O)Nc2ccc(C(=O)NCCCN3CCc4ccccc43)c(Cl)c2)cc1. The Labute approximate surface area is 199 Å². The molecule has 3 aromatic carbocycles. The highest BCUT2D eigenvalue weighted by atomic mass is 35.5. The Hall–Kier alpha value is -3.03. The highest BCUT2D eigenvalue weighted by molar-refractivity contribution is 7.92. The summed E-state index contributed by atoms with van der Waals surface area (Å²) in [5.41, 5.74) is 4.21. The number of carbonyl (C=O) groups is 1. The topological polar surface area (TPSA) is 78.5 Å². The van der Waals surface area contributed by atoms with Crippen molar-refractivity contribution in [3.8, 4) is 0 Å². The van der Waals surface area contributed by atoms with Gasteiger partial charge in [-0.05, 0) is 61.7 Å². The molecule has 4 rings (SSSR count). The number of nitrogens with zero attached hydrogens (tertiary/aromatic N) is 1. The number of benzene rings is 3. The molecular formula is C25H26ClN3O3S. The van der Waals surface area contributed by atoms with Crippen molar-refractivity contribution < 1.29 is 13.2 Å². The summed E-state index contributed by atoms with van der Waals surface area (Å²) < 4.78 is 27.6. The molecule has 6 nitrogen and oxygen atoms in total. The van der Waals surface area contributed by atoms with Gasteiger partial charge in [0.1, 0.15) is 0 Å². The average molecular weight is 484 g/mol. The minimum absolute atomic E-state index is 0.159. The summed E-state index contributed by atoms with van der Waals surface area (Å²) in [7, 11) is -3.74. The molecule has 8 heteroatoms. The van der Waals surface area contributed by atoms with Crippen LogP contribution in [-0.2, 0) is 16.4 Å². The van der Waals surface area contributed by atoms with Gasteiger partial charge in [0.15, 0.2) is 0 Å². The van der Waals surface area contributed by atoms with E-state index in [1.807, 2.05) is 13.0 Å². The number of rotatable bonds is 8. The van der Waals surface area contributed by atoms with Crippen LogP contribution in [0.4, 0.5) is 11.4 Å². The third kappa shape index (κ3) is 5.49. The van der Waals surface area contributed by atoms with Crippen molar-refractivity contribution in [3.05, 3.63) is 88.4 Å². The zero-order valence-electron chi connectivity index (χ0n) is 18.3. The molecule has 0 bridgehead atoms. The smallest absolute Gasteiger partial charge is 0.261 e. The molecule has 1 aliphatic rings. The molecule has 1 aliphatic heterocycles. The quantitative estimate of drug-likeness (QED) is 0.458. The number of para-hydroxylation sites is 1. The number of fused-ring (bicyclic) bond motifs is 1. The summed E-state index contributed by atoms with van der Waals surface area (Å²) in [5.74, 6) is -0.283. The van der Waals surface area contributed by atoms with Gasteiger partial charge in [-0.2, -0.15) is 0 Å². The van der Waals surface area contributed by atoms with Gasteiger partial charge in [-0.1, -0.05) is 47.5 Å². The maximum absolute atomic E-state index is 12.6. The fourth-order valence-electron chi connectivity index (χ4n) is 3.90. The van der Waals surface area contributed by atoms with Crippen molar-refractivity contribution in [2.45, 2.75) is 24.7 Å². The van der Waals surface area contributed by atoms with Gasteiger partial charge in [-0.15, -0.1) is 0 Å². The van der Waals surface area contributed by atoms with E-state index in [0.717, 1.165) is 31.5 Å². The number of sulfonamides is 1. The molecular weight excluding hydrogens is 458 g/mol. The first-order chi connectivity index (χ1) is 15.8. The van der Waals surface area contributed by atoms with Crippen LogP contribution in [-0.4, -0.2) is 34.0 Å². The van der Waals surface area contributed by atoms with E-state index in [1.165, 1.54) is 29.4 Å². The van der Waals surface area contributed by atoms with Crippen molar-refractivity contribution in [1.29, 1.82) is 0 Å². The van der Waals surface area contributed by atoms with Gasteiger partial charge in [0, 0.05) is 25.3 Å². The Morgan fingerprint density at radius 2 is 1.82 bits per heavy atom. The molecule has 33 heavy (non-hydrogen) atoms. The zero-order valence-corrected chi connectivity index (χ0v) is 19.9. The van der Waals surface area contributed by atoms with Crippen molar-refractivity contribution in [2.75, 3.05) is 29.3 Å². The van der Waals surface area contributed by atoms with Gasteiger partial charge < -0.3 is 10.2 Å². The molecule has 1 amide bonds. The van der Waals surface area contributed by atoms with Gasteiger partial charge in [-0.3, -0.25) is 9.52 Å². The highest BCUT2D eigenvalue weighted by Gasteiger charge is 2.18. The van der Waals surface area contributed by atoms with E-state index in [9.17, 15) is 13.2 Å². The summed E-state index contributed by atoms with van der Waals surface area (Å²) in [6.45, 7) is 4.28. The maximum atomic E-state index is 12.6. The molecule has 2 N–H and O–H groups in total. The maximum Gasteiger partial charge on any atom is 0.261 e. The molecule has 0 saturated heterocycles. The Kier molecular flexibility index (Phi) is 6.91. The molecule has 3 aromatic rings. The largest absolute Gasteiger partial charge is 0.371 e. The van der Waals surface area contributed by atoms with E-state index in [1.54, 1.807) is 24.3 Å². The van der Waals surface area contributed by atoms with Crippen LogP contribution >= 0.6 is 11.6 Å². The van der Waals surface area contributed by atoms with Gasteiger partial charge >= 0.3 is 0 Å². The third-order valence-electron chi connectivity index (χ3n) is 5.67. The molecule has 0 aliphatic carbocycles. The Morgan fingerprint density at radius 1 is 1.06 bits per heavy atom. The second kappa shape index (κ2) is 9.85. The van der Waals surface area contributed by atoms with E-state index in [2.05, 4.69) is 33.1 Å². The minimum Gasteiger partial charge on any atom is -0.371 e. The fraction of sp³-hybridized carbons (Fsp3) is 0.240. The van der Waals surface area contributed by atoms with E-state index >= 15 is 0 Å².